The standard InChI is InChI=1S/C50H44O7/c51-44-30-43-45(53-32-37-18-8-2-9-19-37)28-42(52-31-36-16-6-1-7-17-36)29-46(43)57-49(44)41-26-47(54-33-38-20-10-3-11-21-38)50(56-35-40-24-14-5-15-25-40)48(27-41)55-34-39-22-12-4-13-23-39/h1-29,44,49,51H,30-35H2. The normalized spacial score (nSPS) is 14.5. The summed E-state index contributed by atoms with van der Waals surface area (Å²) in [5.74, 6) is 3.18. The summed E-state index contributed by atoms with van der Waals surface area (Å²) in [7, 11) is 0. The lowest BCUT2D eigenvalue weighted by molar-refractivity contribution is 0.0191. The van der Waals surface area contributed by atoms with Crippen LogP contribution in [0.25, 0.3) is 0 Å². The number of rotatable bonds is 16. The average molecular weight is 757 g/mol. The Morgan fingerprint density at radius 2 is 0.825 bits per heavy atom. The van der Waals surface area contributed by atoms with E-state index in [1.54, 1.807) is 0 Å². The first kappa shape index (κ1) is 37.2. The van der Waals surface area contributed by atoms with Crippen LogP contribution < -0.4 is 28.4 Å². The third kappa shape index (κ3) is 9.76. The summed E-state index contributed by atoms with van der Waals surface area (Å²) in [6.45, 7) is 1.62. The molecule has 2 atom stereocenters. The van der Waals surface area contributed by atoms with Crippen molar-refractivity contribution in [2.75, 3.05) is 0 Å². The summed E-state index contributed by atoms with van der Waals surface area (Å²) in [5.41, 5.74) is 6.51. The molecule has 286 valence electrons. The highest BCUT2D eigenvalue weighted by molar-refractivity contribution is 5.57. The van der Waals surface area contributed by atoms with Crippen LogP contribution in [0.3, 0.4) is 0 Å². The van der Waals surface area contributed by atoms with E-state index in [1.165, 1.54) is 0 Å². The minimum absolute atomic E-state index is 0.287. The minimum Gasteiger partial charge on any atom is -0.489 e. The van der Waals surface area contributed by atoms with Crippen molar-refractivity contribution in [2.45, 2.75) is 51.7 Å². The monoisotopic (exact) mass is 756 g/mol. The van der Waals surface area contributed by atoms with Crippen molar-refractivity contribution in [3.63, 3.8) is 0 Å². The van der Waals surface area contributed by atoms with E-state index in [2.05, 4.69) is 0 Å². The fourth-order valence-electron chi connectivity index (χ4n) is 6.73. The molecule has 0 spiro atoms. The number of hydrogen-bond donors (Lipinski definition) is 1. The first-order chi connectivity index (χ1) is 28.1. The Morgan fingerprint density at radius 1 is 0.439 bits per heavy atom. The van der Waals surface area contributed by atoms with Gasteiger partial charge in [0.15, 0.2) is 17.6 Å². The van der Waals surface area contributed by atoms with E-state index in [0.717, 1.165) is 33.4 Å². The highest BCUT2D eigenvalue weighted by atomic mass is 16.5. The van der Waals surface area contributed by atoms with Gasteiger partial charge in [-0.3, -0.25) is 0 Å². The molecule has 0 aliphatic carbocycles. The van der Waals surface area contributed by atoms with E-state index in [0.29, 0.717) is 73.1 Å². The molecule has 0 saturated heterocycles. The highest BCUT2D eigenvalue weighted by Crippen LogP contribution is 2.47. The van der Waals surface area contributed by atoms with Gasteiger partial charge >= 0.3 is 0 Å². The molecule has 7 aromatic carbocycles. The van der Waals surface area contributed by atoms with Gasteiger partial charge in [-0.2, -0.15) is 0 Å². The van der Waals surface area contributed by atoms with Crippen molar-refractivity contribution in [3.05, 3.63) is 215 Å². The highest BCUT2D eigenvalue weighted by Gasteiger charge is 2.34. The van der Waals surface area contributed by atoms with E-state index in [9.17, 15) is 5.11 Å². The molecule has 0 aromatic heterocycles. The molecule has 0 amide bonds. The fraction of sp³-hybridized carbons (Fsp3) is 0.160. The predicted octanol–water partition coefficient (Wildman–Crippen LogP) is 10.6. The van der Waals surface area contributed by atoms with Gasteiger partial charge in [0.2, 0.25) is 5.75 Å². The van der Waals surface area contributed by atoms with Crippen LogP contribution >= 0.6 is 0 Å². The molecular weight excluding hydrogens is 713 g/mol. The quantitative estimate of drug-likeness (QED) is 0.105. The van der Waals surface area contributed by atoms with Crippen LogP contribution in [0, 0.1) is 0 Å². The van der Waals surface area contributed by atoms with Gasteiger partial charge in [-0.1, -0.05) is 152 Å². The molecule has 57 heavy (non-hydrogen) atoms. The summed E-state index contributed by atoms with van der Waals surface area (Å²) in [6, 6.07) is 57.4. The number of fused-ring (bicyclic) bond motifs is 1. The Morgan fingerprint density at radius 3 is 1.26 bits per heavy atom. The van der Waals surface area contributed by atoms with Crippen LogP contribution in [-0.4, -0.2) is 11.2 Å². The Balaban J connectivity index is 1.15. The van der Waals surface area contributed by atoms with Gasteiger partial charge in [0.25, 0.3) is 0 Å². The third-order valence-electron chi connectivity index (χ3n) is 9.72. The van der Waals surface area contributed by atoms with Crippen LogP contribution in [-0.2, 0) is 39.5 Å². The first-order valence-corrected chi connectivity index (χ1v) is 19.2. The number of hydrogen-bond acceptors (Lipinski definition) is 7. The SMILES string of the molecule is OC1Cc2c(OCc3ccccc3)cc(OCc3ccccc3)cc2OC1c1cc(OCc2ccccc2)c(OCc2ccccc2)c(OCc2ccccc2)c1. The van der Waals surface area contributed by atoms with Crippen LogP contribution in [0.1, 0.15) is 45.0 Å². The topological polar surface area (TPSA) is 75.6 Å². The van der Waals surface area contributed by atoms with E-state index in [4.69, 9.17) is 28.4 Å². The lowest BCUT2D eigenvalue weighted by Gasteiger charge is -2.33. The maximum atomic E-state index is 11.9. The van der Waals surface area contributed by atoms with Crippen molar-refractivity contribution in [3.8, 4) is 34.5 Å². The number of ether oxygens (including phenoxy) is 6. The van der Waals surface area contributed by atoms with Crippen molar-refractivity contribution >= 4 is 0 Å². The maximum Gasteiger partial charge on any atom is 0.203 e. The molecule has 7 heteroatoms. The lowest BCUT2D eigenvalue weighted by atomic mass is 9.93. The van der Waals surface area contributed by atoms with Gasteiger partial charge in [-0.05, 0) is 39.9 Å². The van der Waals surface area contributed by atoms with Gasteiger partial charge in [0.05, 0.1) is 6.10 Å². The molecule has 0 radical (unpaired) electrons. The van der Waals surface area contributed by atoms with Crippen molar-refractivity contribution in [1.29, 1.82) is 0 Å². The molecule has 0 bridgehead atoms. The van der Waals surface area contributed by atoms with Gasteiger partial charge in [0, 0.05) is 29.7 Å². The zero-order valence-corrected chi connectivity index (χ0v) is 31.5. The number of aliphatic hydroxyl groups excluding tert-OH is 1. The van der Waals surface area contributed by atoms with Crippen LogP contribution in [0.5, 0.6) is 34.5 Å². The molecule has 8 rings (SSSR count). The maximum absolute atomic E-state index is 11.9. The molecule has 1 aliphatic rings. The van der Waals surface area contributed by atoms with Gasteiger partial charge in [-0.15, -0.1) is 0 Å². The summed E-state index contributed by atoms with van der Waals surface area (Å²) in [4.78, 5) is 0. The molecule has 7 nitrogen and oxygen atoms in total. The van der Waals surface area contributed by atoms with Gasteiger partial charge in [-0.25, -0.2) is 0 Å². The number of aliphatic hydroxyl groups is 1. The van der Waals surface area contributed by atoms with Crippen molar-refractivity contribution in [1.82, 2.24) is 0 Å². The van der Waals surface area contributed by atoms with Crippen molar-refractivity contribution < 1.29 is 33.5 Å². The zero-order valence-electron chi connectivity index (χ0n) is 31.5. The largest absolute Gasteiger partial charge is 0.489 e. The van der Waals surface area contributed by atoms with Gasteiger partial charge in [0.1, 0.15) is 50.3 Å². The smallest absolute Gasteiger partial charge is 0.203 e. The Hall–Kier alpha value is -6.70. The molecule has 1 heterocycles. The molecule has 7 aromatic rings. The fourth-order valence-corrected chi connectivity index (χ4v) is 6.73. The van der Waals surface area contributed by atoms with Crippen LogP contribution in [0.2, 0.25) is 0 Å². The lowest BCUT2D eigenvalue weighted by Crippen LogP contribution is -2.30. The second kappa shape index (κ2) is 18.3. The number of benzene rings is 7. The molecule has 0 saturated carbocycles. The van der Waals surface area contributed by atoms with E-state index < -0.39 is 12.2 Å². The third-order valence-corrected chi connectivity index (χ3v) is 9.72. The van der Waals surface area contributed by atoms with E-state index in [1.807, 2.05) is 176 Å². The summed E-state index contributed by atoms with van der Waals surface area (Å²) in [5, 5.41) is 11.9. The van der Waals surface area contributed by atoms with Crippen molar-refractivity contribution in [2.24, 2.45) is 0 Å². The summed E-state index contributed by atoms with van der Waals surface area (Å²) >= 11 is 0. The zero-order chi connectivity index (χ0) is 38.7. The predicted molar refractivity (Wildman–Crippen MR) is 220 cm³/mol. The summed E-state index contributed by atoms with van der Waals surface area (Å²) < 4.78 is 39.1. The Labute approximate surface area is 333 Å². The van der Waals surface area contributed by atoms with Crippen LogP contribution in [0.15, 0.2) is 176 Å². The molecule has 1 N–H and O–H groups in total. The summed E-state index contributed by atoms with van der Waals surface area (Å²) in [6.07, 6.45) is -1.41. The molecule has 1 aliphatic heterocycles. The van der Waals surface area contributed by atoms with E-state index in [-0.39, 0.29) is 6.42 Å². The van der Waals surface area contributed by atoms with Gasteiger partial charge < -0.3 is 33.5 Å². The minimum atomic E-state index is -0.923. The first-order valence-electron chi connectivity index (χ1n) is 19.2. The second-order valence-corrected chi connectivity index (χ2v) is 13.9. The van der Waals surface area contributed by atoms with E-state index >= 15 is 0 Å². The molecule has 2 unspecified atom stereocenters. The molecule has 0 fully saturated rings. The van der Waals surface area contributed by atoms with Crippen LogP contribution in [0.4, 0.5) is 0 Å². The Bertz CT molecular complexity index is 2250. The second-order valence-electron chi connectivity index (χ2n) is 13.9. The molecular formula is C50H44O7. The average Bonchev–Trinajstić information content (AvgIpc) is 3.27. The Kier molecular flexibility index (Phi) is 11.9.